The summed E-state index contributed by atoms with van der Waals surface area (Å²) in [4.78, 5) is 0. The van der Waals surface area contributed by atoms with Crippen LogP contribution in [0.4, 0.5) is 0 Å². The van der Waals surface area contributed by atoms with Crippen molar-refractivity contribution in [2.45, 2.75) is 32.1 Å². The monoisotopic (exact) mass is 219 g/mol. The van der Waals surface area contributed by atoms with Crippen LogP contribution in [0, 0.1) is 0 Å². The third-order valence-electron chi connectivity index (χ3n) is 3.22. The van der Waals surface area contributed by atoms with Gasteiger partial charge in [0.1, 0.15) is 5.75 Å². The zero-order valence-electron chi connectivity index (χ0n) is 10.0. The van der Waals surface area contributed by atoms with Gasteiger partial charge in [-0.2, -0.15) is 0 Å². The summed E-state index contributed by atoms with van der Waals surface area (Å²) in [6.07, 6.45) is 3.82. The number of benzene rings is 1. The maximum Gasteiger partial charge on any atom is 0.119 e. The molecule has 0 saturated carbocycles. The molecule has 1 N–H and O–H groups in total. The van der Waals surface area contributed by atoms with Crippen molar-refractivity contribution >= 4 is 0 Å². The minimum atomic E-state index is 0.704. The van der Waals surface area contributed by atoms with Gasteiger partial charge in [-0.3, -0.25) is 0 Å². The largest absolute Gasteiger partial charge is 0.494 e. The quantitative estimate of drug-likeness (QED) is 0.844. The van der Waals surface area contributed by atoms with E-state index < -0.39 is 0 Å². The first kappa shape index (κ1) is 11.5. The van der Waals surface area contributed by atoms with Gasteiger partial charge in [-0.05, 0) is 62.9 Å². The molecule has 1 heterocycles. The molecule has 0 aromatic heterocycles. The first-order valence-corrected chi connectivity index (χ1v) is 6.33. The van der Waals surface area contributed by atoms with E-state index >= 15 is 0 Å². The van der Waals surface area contributed by atoms with Gasteiger partial charge in [-0.15, -0.1) is 0 Å². The molecule has 88 valence electrons. The molecule has 1 fully saturated rings. The average Bonchev–Trinajstić information content (AvgIpc) is 2.58. The Hall–Kier alpha value is -1.02. The van der Waals surface area contributed by atoms with Crippen molar-refractivity contribution in [3.05, 3.63) is 29.8 Å². The van der Waals surface area contributed by atoms with E-state index in [1.54, 1.807) is 0 Å². The van der Waals surface area contributed by atoms with Gasteiger partial charge in [0.2, 0.25) is 0 Å². The number of hydrogen-bond acceptors (Lipinski definition) is 2. The molecule has 1 unspecified atom stereocenters. The van der Waals surface area contributed by atoms with E-state index in [0.29, 0.717) is 5.92 Å². The van der Waals surface area contributed by atoms with Crippen LogP contribution in [0.3, 0.4) is 0 Å². The highest BCUT2D eigenvalue weighted by atomic mass is 16.5. The zero-order valence-corrected chi connectivity index (χ0v) is 10.0. The maximum absolute atomic E-state index is 5.55. The fourth-order valence-electron chi connectivity index (χ4n) is 2.38. The Kier molecular flexibility index (Phi) is 4.23. The summed E-state index contributed by atoms with van der Waals surface area (Å²) in [6, 6.07) is 8.60. The molecule has 1 saturated heterocycles. The van der Waals surface area contributed by atoms with Gasteiger partial charge in [0, 0.05) is 0 Å². The molecular weight excluding hydrogens is 198 g/mol. The highest BCUT2D eigenvalue weighted by Crippen LogP contribution is 2.28. The van der Waals surface area contributed by atoms with E-state index in [4.69, 9.17) is 4.74 Å². The summed E-state index contributed by atoms with van der Waals surface area (Å²) in [5, 5.41) is 3.46. The fraction of sp³-hybridized carbons (Fsp3) is 0.571. The highest BCUT2D eigenvalue weighted by molar-refractivity contribution is 5.31. The molecule has 1 aliphatic rings. The first-order valence-electron chi connectivity index (χ1n) is 6.33. The van der Waals surface area contributed by atoms with E-state index in [-0.39, 0.29) is 0 Å². The average molecular weight is 219 g/mol. The summed E-state index contributed by atoms with van der Waals surface area (Å²) in [5.74, 6) is 1.72. The van der Waals surface area contributed by atoms with Gasteiger partial charge in [0.15, 0.2) is 0 Å². The Labute approximate surface area is 98.0 Å². The molecule has 1 atom stereocenters. The molecule has 0 radical (unpaired) electrons. The van der Waals surface area contributed by atoms with Crippen molar-refractivity contribution in [2.75, 3.05) is 19.7 Å². The van der Waals surface area contributed by atoms with Crippen molar-refractivity contribution in [3.63, 3.8) is 0 Å². The molecule has 0 amide bonds. The van der Waals surface area contributed by atoms with Crippen LogP contribution in [0.1, 0.15) is 37.7 Å². The van der Waals surface area contributed by atoms with Crippen molar-refractivity contribution in [3.8, 4) is 5.75 Å². The molecule has 0 aliphatic carbocycles. The van der Waals surface area contributed by atoms with E-state index in [9.17, 15) is 0 Å². The van der Waals surface area contributed by atoms with Crippen LogP contribution in [-0.2, 0) is 0 Å². The Morgan fingerprint density at radius 2 is 2.25 bits per heavy atom. The Morgan fingerprint density at radius 1 is 1.31 bits per heavy atom. The lowest BCUT2D eigenvalue weighted by Gasteiger charge is -2.15. The second-order valence-corrected chi connectivity index (χ2v) is 4.38. The number of ether oxygens (including phenoxy) is 1. The first-order chi connectivity index (χ1) is 7.90. The van der Waals surface area contributed by atoms with E-state index in [1.807, 2.05) is 13.0 Å². The van der Waals surface area contributed by atoms with Crippen LogP contribution in [0.5, 0.6) is 5.75 Å². The molecular formula is C14H21NO. The standard InChI is InChI=1S/C14H21NO/c1-2-16-14-7-3-5-13(11-14)12-6-4-9-15-10-8-12/h3,5,7,11-12,15H,2,4,6,8-10H2,1H3. The summed E-state index contributed by atoms with van der Waals surface area (Å²) in [7, 11) is 0. The zero-order chi connectivity index (χ0) is 11.2. The van der Waals surface area contributed by atoms with Gasteiger partial charge in [0.05, 0.1) is 6.61 Å². The number of rotatable bonds is 3. The van der Waals surface area contributed by atoms with Gasteiger partial charge in [0.25, 0.3) is 0 Å². The predicted molar refractivity (Wildman–Crippen MR) is 67.1 cm³/mol. The summed E-state index contributed by atoms with van der Waals surface area (Å²) < 4.78 is 5.55. The molecule has 16 heavy (non-hydrogen) atoms. The Balaban J connectivity index is 2.08. The summed E-state index contributed by atoms with van der Waals surface area (Å²) in [6.45, 7) is 5.09. The van der Waals surface area contributed by atoms with Crippen molar-refractivity contribution in [1.82, 2.24) is 5.32 Å². The fourth-order valence-corrected chi connectivity index (χ4v) is 2.38. The normalized spacial score (nSPS) is 21.4. The summed E-state index contributed by atoms with van der Waals surface area (Å²) >= 11 is 0. The summed E-state index contributed by atoms with van der Waals surface area (Å²) in [5.41, 5.74) is 1.44. The molecule has 2 heteroatoms. The van der Waals surface area contributed by atoms with Crippen LogP contribution in [0.2, 0.25) is 0 Å². The second-order valence-electron chi connectivity index (χ2n) is 4.38. The topological polar surface area (TPSA) is 21.3 Å². The molecule has 2 nitrogen and oxygen atoms in total. The lowest BCUT2D eigenvalue weighted by molar-refractivity contribution is 0.339. The second kappa shape index (κ2) is 5.90. The maximum atomic E-state index is 5.55. The highest BCUT2D eigenvalue weighted by Gasteiger charge is 2.14. The van der Waals surface area contributed by atoms with E-state index in [2.05, 4.69) is 23.5 Å². The van der Waals surface area contributed by atoms with Gasteiger partial charge >= 0.3 is 0 Å². The van der Waals surface area contributed by atoms with Crippen molar-refractivity contribution in [2.24, 2.45) is 0 Å². The lowest BCUT2D eigenvalue weighted by Crippen LogP contribution is -2.13. The number of hydrogen-bond donors (Lipinski definition) is 1. The SMILES string of the molecule is CCOc1cccc(C2CCCNCC2)c1. The lowest BCUT2D eigenvalue weighted by atomic mass is 9.92. The third-order valence-corrected chi connectivity index (χ3v) is 3.22. The molecule has 1 aliphatic heterocycles. The van der Waals surface area contributed by atoms with Gasteiger partial charge in [-0.25, -0.2) is 0 Å². The number of nitrogens with one attached hydrogen (secondary N) is 1. The van der Waals surface area contributed by atoms with Crippen LogP contribution >= 0.6 is 0 Å². The van der Waals surface area contributed by atoms with Crippen LogP contribution < -0.4 is 10.1 Å². The molecule has 0 spiro atoms. The Bertz CT molecular complexity index is 316. The molecule has 1 aromatic carbocycles. The van der Waals surface area contributed by atoms with Crippen molar-refractivity contribution < 1.29 is 4.74 Å². The molecule has 2 rings (SSSR count). The third kappa shape index (κ3) is 2.99. The van der Waals surface area contributed by atoms with Gasteiger partial charge < -0.3 is 10.1 Å². The van der Waals surface area contributed by atoms with Crippen LogP contribution in [0.25, 0.3) is 0 Å². The van der Waals surface area contributed by atoms with Crippen molar-refractivity contribution in [1.29, 1.82) is 0 Å². The van der Waals surface area contributed by atoms with Gasteiger partial charge in [-0.1, -0.05) is 12.1 Å². The smallest absolute Gasteiger partial charge is 0.119 e. The minimum absolute atomic E-state index is 0.704. The van der Waals surface area contributed by atoms with E-state index in [1.165, 1.54) is 31.4 Å². The minimum Gasteiger partial charge on any atom is -0.494 e. The predicted octanol–water partition coefficient (Wildman–Crippen LogP) is 2.94. The van der Waals surface area contributed by atoms with Crippen LogP contribution in [0.15, 0.2) is 24.3 Å². The van der Waals surface area contributed by atoms with E-state index in [0.717, 1.165) is 18.9 Å². The Morgan fingerprint density at radius 3 is 3.12 bits per heavy atom. The van der Waals surface area contributed by atoms with Crippen LogP contribution in [-0.4, -0.2) is 19.7 Å². The molecule has 0 bridgehead atoms. The molecule has 1 aromatic rings.